The molecule has 0 heterocycles. The topological polar surface area (TPSA) is 114 Å². The standard InChI is InChI=1S/C17H23NO4.C7H12O2/c1-3-5-8-14(4-2)13-22-17(21)15(10-7-12-18)9-6-11-16(19)20;1-3-5-6-9-7(8)4-2/h6-7,9-11,14H,3-5,8,13H2,1-2H3,(H,19,20);4H,2-3,5-6H2,1H3. The van der Waals surface area contributed by atoms with E-state index >= 15 is 0 Å². The van der Waals surface area contributed by atoms with Crippen LogP contribution in [0.1, 0.15) is 59.3 Å². The van der Waals surface area contributed by atoms with Crippen molar-refractivity contribution in [2.75, 3.05) is 13.2 Å². The van der Waals surface area contributed by atoms with Crippen molar-refractivity contribution in [2.45, 2.75) is 59.3 Å². The summed E-state index contributed by atoms with van der Waals surface area (Å²) in [6.45, 7) is 10.3. The molecule has 0 amide bonds. The largest absolute Gasteiger partial charge is 0.478 e. The Balaban J connectivity index is 0. The molecule has 1 atom stereocenters. The van der Waals surface area contributed by atoms with Crippen LogP contribution in [0.3, 0.4) is 0 Å². The molecule has 0 saturated carbocycles. The predicted molar refractivity (Wildman–Crippen MR) is 120 cm³/mol. The highest BCUT2D eigenvalue weighted by molar-refractivity contribution is 5.92. The Kier molecular flexibility index (Phi) is 20.9. The van der Waals surface area contributed by atoms with Crippen LogP contribution >= 0.6 is 0 Å². The summed E-state index contributed by atoms with van der Waals surface area (Å²) >= 11 is 0. The van der Waals surface area contributed by atoms with Gasteiger partial charge in [0.25, 0.3) is 0 Å². The van der Waals surface area contributed by atoms with Crippen LogP contribution in [0.25, 0.3) is 0 Å². The number of rotatable bonds is 14. The predicted octanol–water partition coefficient (Wildman–Crippen LogP) is 4.91. The summed E-state index contributed by atoms with van der Waals surface area (Å²) in [4.78, 5) is 32.7. The number of carbonyl (C=O) groups is 3. The first kappa shape index (κ1) is 30.1. The number of unbranched alkanes of at least 4 members (excludes halogenated alkanes) is 2. The minimum Gasteiger partial charge on any atom is -0.478 e. The van der Waals surface area contributed by atoms with Crippen molar-refractivity contribution in [3.05, 3.63) is 48.6 Å². The Morgan fingerprint density at radius 3 is 2.29 bits per heavy atom. The summed E-state index contributed by atoms with van der Waals surface area (Å²) < 4.78 is 9.93. The summed E-state index contributed by atoms with van der Waals surface area (Å²) in [6.07, 6.45) is 13.2. The first-order valence-corrected chi connectivity index (χ1v) is 10.5. The molecule has 0 aromatic heterocycles. The van der Waals surface area contributed by atoms with E-state index in [0.29, 0.717) is 19.1 Å². The van der Waals surface area contributed by atoms with Gasteiger partial charge in [-0.15, -0.1) is 0 Å². The Labute approximate surface area is 185 Å². The van der Waals surface area contributed by atoms with Crippen LogP contribution in [-0.4, -0.2) is 36.2 Å². The Morgan fingerprint density at radius 2 is 1.77 bits per heavy atom. The third-order valence-electron chi connectivity index (χ3n) is 3.99. The molecule has 7 nitrogen and oxygen atoms in total. The molecule has 0 aliphatic carbocycles. The van der Waals surface area contributed by atoms with Crippen LogP contribution in [-0.2, 0) is 23.9 Å². The van der Waals surface area contributed by atoms with Crippen molar-refractivity contribution in [3.63, 3.8) is 0 Å². The molecule has 0 spiro atoms. The number of aliphatic carboxylic acids is 1. The van der Waals surface area contributed by atoms with E-state index in [1.807, 2.05) is 6.92 Å². The fourth-order valence-electron chi connectivity index (χ4n) is 2.10. The van der Waals surface area contributed by atoms with Crippen LogP contribution in [0.15, 0.2) is 48.6 Å². The lowest BCUT2D eigenvalue weighted by Crippen LogP contribution is -2.14. The molecule has 0 rings (SSSR count). The van der Waals surface area contributed by atoms with Crippen molar-refractivity contribution in [1.82, 2.24) is 0 Å². The number of allylic oxidation sites excluding steroid dienone is 3. The van der Waals surface area contributed by atoms with Crippen LogP contribution in [0, 0.1) is 17.2 Å². The molecule has 0 saturated heterocycles. The molecule has 1 N–H and O–H groups in total. The molecule has 0 aromatic rings. The number of hydrogen-bond donors (Lipinski definition) is 1. The molecule has 0 radical (unpaired) electrons. The fraction of sp³-hybridized carbons (Fsp3) is 0.500. The molecule has 7 heteroatoms. The number of nitriles is 1. The van der Waals surface area contributed by atoms with E-state index in [-0.39, 0.29) is 11.5 Å². The van der Waals surface area contributed by atoms with E-state index in [2.05, 4.69) is 25.2 Å². The lowest BCUT2D eigenvalue weighted by Gasteiger charge is -2.14. The van der Waals surface area contributed by atoms with Gasteiger partial charge in [0.05, 0.1) is 24.9 Å². The monoisotopic (exact) mass is 433 g/mol. The van der Waals surface area contributed by atoms with Crippen LogP contribution in [0.4, 0.5) is 0 Å². The van der Waals surface area contributed by atoms with Gasteiger partial charge in [-0.3, -0.25) is 0 Å². The van der Waals surface area contributed by atoms with Gasteiger partial charge in [-0.25, -0.2) is 14.4 Å². The lowest BCUT2D eigenvalue weighted by molar-refractivity contribution is -0.140. The number of ether oxygens (including phenoxy) is 2. The van der Waals surface area contributed by atoms with Gasteiger partial charge in [-0.1, -0.05) is 59.1 Å². The van der Waals surface area contributed by atoms with Crippen molar-refractivity contribution in [3.8, 4) is 6.07 Å². The summed E-state index contributed by atoms with van der Waals surface area (Å²) in [5.41, 5.74) is 0.143. The van der Waals surface area contributed by atoms with Crippen LogP contribution < -0.4 is 0 Å². The highest BCUT2D eigenvalue weighted by atomic mass is 16.5. The maximum Gasteiger partial charge on any atom is 0.338 e. The summed E-state index contributed by atoms with van der Waals surface area (Å²) in [5.74, 6) is -1.68. The SMILES string of the molecule is C=CC(=O)OCCCC.CCCCC(CC)COC(=O)C(C=CC#N)=CC=CC(=O)O. The maximum absolute atomic E-state index is 12.0. The minimum atomic E-state index is -1.11. The molecule has 31 heavy (non-hydrogen) atoms. The molecule has 0 aliphatic rings. The van der Waals surface area contributed by atoms with Gasteiger partial charge in [0.2, 0.25) is 0 Å². The Bertz CT molecular complexity index is 670. The number of carboxylic acid groups (broad SMARTS) is 1. The molecule has 172 valence electrons. The van der Waals surface area contributed by atoms with Gasteiger partial charge >= 0.3 is 17.9 Å². The summed E-state index contributed by atoms with van der Waals surface area (Å²) in [5, 5.41) is 17.1. The molecule has 1 unspecified atom stereocenters. The van der Waals surface area contributed by atoms with Crippen molar-refractivity contribution in [2.24, 2.45) is 5.92 Å². The third-order valence-corrected chi connectivity index (χ3v) is 3.99. The van der Waals surface area contributed by atoms with E-state index in [1.54, 1.807) is 6.07 Å². The Hall–Kier alpha value is -3.14. The molecule has 0 aliphatic heterocycles. The smallest absolute Gasteiger partial charge is 0.338 e. The number of esters is 2. The van der Waals surface area contributed by atoms with Crippen LogP contribution in [0.5, 0.6) is 0 Å². The average Bonchev–Trinajstić information content (AvgIpc) is 2.76. The van der Waals surface area contributed by atoms with Gasteiger partial charge in [0, 0.05) is 18.2 Å². The maximum atomic E-state index is 12.0. The normalized spacial score (nSPS) is 11.9. The highest BCUT2D eigenvalue weighted by Crippen LogP contribution is 2.14. The summed E-state index contributed by atoms with van der Waals surface area (Å²) in [7, 11) is 0. The van der Waals surface area contributed by atoms with Gasteiger partial charge in [-0.2, -0.15) is 5.26 Å². The molecule has 0 aromatic carbocycles. The summed E-state index contributed by atoms with van der Waals surface area (Å²) in [6, 6.07) is 1.79. The zero-order chi connectivity index (χ0) is 23.9. The minimum absolute atomic E-state index is 0.143. The van der Waals surface area contributed by atoms with E-state index in [1.165, 1.54) is 24.3 Å². The third kappa shape index (κ3) is 19.9. The fourth-order valence-corrected chi connectivity index (χ4v) is 2.10. The van der Waals surface area contributed by atoms with Gasteiger partial charge < -0.3 is 14.6 Å². The number of nitrogens with zero attached hydrogens (tertiary/aromatic N) is 1. The zero-order valence-electron chi connectivity index (χ0n) is 18.8. The van der Waals surface area contributed by atoms with Crippen LogP contribution in [0.2, 0.25) is 0 Å². The second kappa shape index (κ2) is 21.6. The average molecular weight is 434 g/mol. The van der Waals surface area contributed by atoms with Crippen molar-refractivity contribution >= 4 is 17.9 Å². The highest BCUT2D eigenvalue weighted by Gasteiger charge is 2.12. The Morgan fingerprint density at radius 1 is 1.10 bits per heavy atom. The first-order valence-electron chi connectivity index (χ1n) is 10.5. The van der Waals surface area contributed by atoms with E-state index in [4.69, 9.17) is 15.1 Å². The second-order valence-electron chi connectivity index (χ2n) is 6.52. The molecular weight excluding hydrogens is 398 g/mol. The van der Waals surface area contributed by atoms with Crippen molar-refractivity contribution < 1.29 is 29.0 Å². The first-order chi connectivity index (χ1) is 14.9. The zero-order valence-corrected chi connectivity index (χ0v) is 18.8. The van der Waals surface area contributed by atoms with E-state index < -0.39 is 11.9 Å². The van der Waals surface area contributed by atoms with E-state index in [0.717, 1.165) is 50.7 Å². The second-order valence-corrected chi connectivity index (χ2v) is 6.52. The number of carboxylic acids is 1. The van der Waals surface area contributed by atoms with Crippen molar-refractivity contribution in [1.29, 1.82) is 5.26 Å². The quantitative estimate of drug-likeness (QED) is 0.136. The van der Waals surface area contributed by atoms with E-state index in [9.17, 15) is 14.4 Å². The number of carbonyl (C=O) groups excluding carboxylic acids is 2. The van der Waals surface area contributed by atoms with Gasteiger partial charge in [-0.05, 0) is 30.9 Å². The molecular formula is C24H35NO6. The molecule has 0 fully saturated rings. The van der Waals surface area contributed by atoms with Gasteiger partial charge in [0.15, 0.2) is 0 Å². The lowest BCUT2D eigenvalue weighted by atomic mass is 10.0. The van der Waals surface area contributed by atoms with Gasteiger partial charge in [0.1, 0.15) is 0 Å². The number of hydrogen-bond acceptors (Lipinski definition) is 6. The molecule has 0 bridgehead atoms.